The van der Waals surface area contributed by atoms with Crippen LogP contribution < -0.4 is 0 Å². The first-order valence-corrected chi connectivity index (χ1v) is 8.82. The van der Waals surface area contributed by atoms with E-state index < -0.39 is 23.0 Å². The van der Waals surface area contributed by atoms with Crippen LogP contribution in [0.15, 0.2) is 42.0 Å². The lowest BCUT2D eigenvalue weighted by atomic mass is 9.72. The predicted octanol–water partition coefficient (Wildman–Crippen LogP) is 3.51. The van der Waals surface area contributed by atoms with Crippen molar-refractivity contribution in [3.05, 3.63) is 47.5 Å². The largest absolute Gasteiger partial charge is 0.468 e. The number of nitrogens with zero attached hydrogens (tertiary/aromatic N) is 1. The molecule has 1 saturated heterocycles. The van der Waals surface area contributed by atoms with E-state index in [9.17, 15) is 9.59 Å². The number of methoxy groups -OCH3 is 1. The molecule has 3 aliphatic rings. The first-order chi connectivity index (χ1) is 12.0. The molecule has 1 aromatic carbocycles. The van der Waals surface area contributed by atoms with E-state index in [0.717, 1.165) is 17.6 Å². The Bertz CT molecular complexity index is 690. The SMILES string of the molecule is CCC1=C[C@@H]2CN(C(=O)OCc3ccccc3)[C@H]1[C@](Cl)(C(=O)OC)C2. The number of carbonyl (C=O) groups is 2. The highest BCUT2D eigenvalue weighted by Crippen LogP contribution is 2.47. The Hall–Kier alpha value is -2.01. The first kappa shape index (κ1) is 17.8. The van der Waals surface area contributed by atoms with Crippen LogP contribution in [-0.4, -0.2) is 41.5 Å². The number of ether oxygens (including phenoxy) is 2. The summed E-state index contributed by atoms with van der Waals surface area (Å²) in [4.78, 5) is 25.4. The van der Waals surface area contributed by atoms with Crippen molar-refractivity contribution in [3.63, 3.8) is 0 Å². The van der Waals surface area contributed by atoms with Gasteiger partial charge in [0.15, 0.2) is 4.87 Å². The molecule has 6 heteroatoms. The van der Waals surface area contributed by atoms with Crippen molar-refractivity contribution in [1.82, 2.24) is 4.90 Å². The van der Waals surface area contributed by atoms with Crippen LogP contribution in [0.3, 0.4) is 0 Å². The molecule has 25 heavy (non-hydrogen) atoms. The van der Waals surface area contributed by atoms with Crippen molar-refractivity contribution in [2.45, 2.75) is 37.3 Å². The quantitative estimate of drug-likeness (QED) is 0.466. The molecule has 4 rings (SSSR count). The lowest BCUT2D eigenvalue weighted by Crippen LogP contribution is -2.64. The number of amides is 1. The molecule has 2 heterocycles. The van der Waals surface area contributed by atoms with E-state index in [0.29, 0.717) is 13.0 Å². The Morgan fingerprint density at radius 2 is 2.04 bits per heavy atom. The average Bonchev–Trinajstić information content (AvgIpc) is 2.65. The van der Waals surface area contributed by atoms with E-state index in [1.807, 2.05) is 37.3 Å². The van der Waals surface area contributed by atoms with Crippen LogP contribution in [-0.2, 0) is 20.9 Å². The number of benzene rings is 1. The van der Waals surface area contributed by atoms with Gasteiger partial charge in [-0.2, -0.15) is 0 Å². The highest BCUT2D eigenvalue weighted by atomic mass is 35.5. The number of esters is 1. The Morgan fingerprint density at radius 3 is 2.68 bits per heavy atom. The second kappa shape index (κ2) is 7.08. The minimum atomic E-state index is -1.25. The third-order valence-corrected chi connectivity index (χ3v) is 5.42. The van der Waals surface area contributed by atoms with Gasteiger partial charge in [-0.25, -0.2) is 4.79 Å². The first-order valence-electron chi connectivity index (χ1n) is 8.44. The molecular formula is C19H22ClNO4. The molecule has 0 aromatic heterocycles. The Balaban J connectivity index is 1.80. The molecule has 1 aromatic rings. The van der Waals surface area contributed by atoms with Crippen molar-refractivity contribution in [2.24, 2.45) is 5.92 Å². The molecule has 5 nitrogen and oxygen atoms in total. The van der Waals surface area contributed by atoms with Crippen molar-refractivity contribution < 1.29 is 19.1 Å². The van der Waals surface area contributed by atoms with E-state index in [-0.39, 0.29) is 12.5 Å². The molecule has 2 aliphatic heterocycles. The minimum Gasteiger partial charge on any atom is -0.468 e. The van der Waals surface area contributed by atoms with Gasteiger partial charge in [0.25, 0.3) is 0 Å². The molecule has 0 saturated carbocycles. The fraction of sp³-hybridized carbons (Fsp3) is 0.474. The molecule has 3 atom stereocenters. The average molecular weight is 364 g/mol. The second-order valence-electron chi connectivity index (χ2n) is 6.51. The van der Waals surface area contributed by atoms with Gasteiger partial charge in [0.2, 0.25) is 0 Å². The van der Waals surface area contributed by atoms with Gasteiger partial charge in [-0.1, -0.05) is 43.3 Å². The van der Waals surface area contributed by atoms with Crippen LogP contribution in [0.1, 0.15) is 25.3 Å². The summed E-state index contributed by atoms with van der Waals surface area (Å²) in [5, 5.41) is 0. The van der Waals surface area contributed by atoms with Gasteiger partial charge in [0.1, 0.15) is 6.61 Å². The highest BCUT2D eigenvalue weighted by molar-refractivity contribution is 6.35. The van der Waals surface area contributed by atoms with E-state index in [1.54, 1.807) is 4.90 Å². The fourth-order valence-corrected chi connectivity index (χ4v) is 4.35. The Morgan fingerprint density at radius 1 is 1.32 bits per heavy atom. The number of hydrogen-bond donors (Lipinski definition) is 0. The van der Waals surface area contributed by atoms with Gasteiger partial charge < -0.3 is 9.47 Å². The molecule has 0 spiro atoms. The predicted molar refractivity (Wildman–Crippen MR) is 94.2 cm³/mol. The van der Waals surface area contributed by atoms with Crippen LogP contribution >= 0.6 is 11.6 Å². The van der Waals surface area contributed by atoms with Gasteiger partial charge in [-0.3, -0.25) is 9.69 Å². The fourth-order valence-electron chi connectivity index (χ4n) is 3.82. The monoisotopic (exact) mass is 363 g/mol. The number of piperidine rings is 1. The zero-order chi connectivity index (χ0) is 18.0. The number of hydrogen-bond acceptors (Lipinski definition) is 4. The topological polar surface area (TPSA) is 55.8 Å². The molecular weight excluding hydrogens is 342 g/mol. The molecule has 0 unspecified atom stereocenters. The zero-order valence-corrected chi connectivity index (χ0v) is 15.2. The third-order valence-electron chi connectivity index (χ3n) is 4.91. The number of halogens is 1. The normalized spacial score (nSPS) is 27.6. The van der Waals surface area contributed by atoms with Crippen LogP contribution in [0.2, 0.25) is 0 Å². The molecule has 1 fully saturated rings. The summed E-state index contributed by atoms with van der Waals surface area (Å²) >= 11 is 6.69. The minimum absolute atomic E-state index is 0.0285. The molecule has 134 valence electrons. The molecule has 2 bridgehead atoms. The summed E-state index contributed by atoms with van der Waals surface area (Å²) in [6, 6.07) is 8.96. The number of fused-ring (bicyclic) bond motifs is 2. The van der Waals surface area contributed by atoms with Gasteiger partial charge in [-0.15, -0.1) is 11.6 Å². The zero-order valence-electron chi connectivity index (χ0n) is 14.4. The molecule has 1 amide bonds. The number of rotatable bonds is 4. The summed E-state index contributed by atoms with van der Waals surface area (Å²) in [5.74, 6) is -0.468. The van der Waals surface area contributed by atoms with Crippen LogP contribution in [0.5, 0.6) is 0 Å². The van der Waals surface area contributed by atoms with Gasteiger partial charge in [0.05, 0.1) is 13.2 Å². The van der Waals surface area contributed by atoms with E-state index >= 15 is 0 Å². The van der Waals surface area contributed by atoms with Gasteiger partial charge in [0, 0.05) is 6.54 Å². The number of carbonyl (C=O) groups excluding carboxylic acids is 2. The van der Waals surface area contributed by atoms with Crippen LogP contribution in [0.4, 0.5) is 4.79 Å². The van der Waals surface area contributed by atoms with E-state index in [2.05, 4.69) is 6.08 Å². The highest BCUT2D eigenvalue weighted by Gasteiger charge is 2.57. The maximum absolute atomic E-state index is 12.7. The summed E-state index contributed by atoms with van der Waals surface area (Å²) in [7, 11) is 1.32. The van der Waals surface area contributed by atoms with E-state index in [1.165, 1.54) is 7.11 Å². The molecule has 0 radical (unpaired) electrons. The maximum Gasteiger partial charge on any atom is 0.410 e. The standard InChI is InChI=1S/C19H22ClNO4/c1-3-15-9-14-10-19(20,17(22)24-2)16(15)21(11-14)18(23)25-12-13-7-5-4-6-8-13/h4-9,14,16H,3,10-12H2,1-2H3/t14-,16+,19-/m0/s1. The Labute approximate surface area is 152 Å². The molecule has 1 aliphatic carbocycles. The summed E-state index contributed by atoms with van der Waals surface area (Å²) in [6.07, 6.45) is 2.87. The van der Waals surface area contributed by atoms with E-state index in [4.69, 9.17) is 21.1 Å². The van der Waals surface area contributed by atoms with Crippen molar-refractivity contribution in [1.29, 1.82) is 0 Å². The van der Waals surface area contributed by atoms with Crippen molar-refractivity contribution >= 4 is 23.7 Å². The summed E-state index contributed by atoms with van der Waals surface area (Å²) < 4.78 is 10.4. The van der Waals surface area contributed by atoms with Gasteiger partial charge >= 0.3 is 12.1 Å². The third kappa shape index (κ3) is 3.25. The lowest BCUT2D eigenvalue weighted by molar-refractivity contribution is -0.147. The smallest absolute Gasteiger partial charge is 0.410 e. The summed E-state index contributed by atoms with van der Waals surface area (Å²) in [6.45, 7) is 2.69. The van der Waals surface area contributed by atoms with Crippen molar-refractivity contribution in [2.75, 3.05) is 13.7 Å². The van der Waals surface area contributed by atoms with Crippen LogP contribution in [0, 0.1) is 5.92 Å². The van der Waals surface area contributed by atoms with Crippen molar-refractivity contribution in [3.8, 4) is 0 Å². The van der Waals surface area contributed by atoms with Crippen LogP contribution in [0.25, 0.3) is 0 Å². The van der Waals surface area contributed by atoms with Gasteiger partial charge in [-0.05, 0) is 29.9 Å². The molecule has 0 N–H and O–H groups in total. The summed E-state index contributed by atoms with van der Waals surface area (Å²) in [5.41, 5.74) is 1.90. The maximum atomic E-state index is 12.7. The lowest BCUT2D eigenvalue weighted by Gasteiger charge is -2.51. The number of alkyl halides is 1. The Kier molecular flexibility index (Phi) is 5.04. The second-order valence-corrected chi connectivity index (χ2v) is 7.18.